The standard InChI is InChI=1S/C12H20N2S/c1-14(10-11(13)8-9-15-2)12-6-4-3-5-7-12/h3-7,11H,8-10,13H2,1-2H3/t11-/m0/s1. The minimum atomic E-state index is 0.266. The number of nitrogens with zero attached hydrogens (tertiary/aromatic N) is 1. The Labute approximate surface area is 96.8 Å². The molecule has 84 valence electrons. The summed E-state index contributed by atoms with van der Waals surface area (Å²) in [5, 5.41) is 0. The number of para-hydroxylation sites is 1. The zero-order valence-electron chi connectivity index (χ0n) is 9.52. The van der Waals surface area contributed by atoms with Gasteiger partial charge in [0.2, 0.25) is 0 Å². The van der Waals surface area contributed by atoms with Crippen molar-refractivity contribution in [3.05, 3.63) is 30.3 Å². The van der Waals surface area contributed by atoms with Crippen LogP contribution >= 0.6 is 11.8 Å². The van der Waals surface area contributed by atoms with E-state index in [0.717, 1.165) is 18.7 Å². The van der Waals surface area contributed by atoms with E-state index < -0.39 is 0 Å². The van der Waals surface area contributed by atoms with Crippen molar-refractivity contribution < 1.29 is 0 Å². The van der Waals surface area contributed by atoms with Crippen molar-refractivity contribution in [2.75, 3.05) is 30.5 Å². The molecule has 0 saturated carbocycles. The lowest BCUT2D eigenvalue weighted by Crippen LogP contribution is -2.35. The monoisotopic (exact) mass is 224 g/mol. The molecule has 0 aliphatic heterocycles. The Balaban J connectivity index is 2.38. The normalized spacial score (nSPS) is 12.5. The predicted molar refractivity (Wildman–Crippen MR) is 70.7 cm³/mol. The van der Waals surface area contributed by atoms with Crippen LogP contribution in [0.2, 0.25) is 0 Å². The third-order valence-electron chi connectivity index (χ3n) is 2.40. The van der Waals surface area contributed by atoms with Gasteiger partial charge in [-0.15, -0.1) is 0 Å². The van der Waals surface area contributed by atoms with Gasteiger partial charge < -0.3 is 10.6 Å². The first-order valence-corrected chi connectivity index (χ1v) is 6.64. The Morgan fingerprint density at radius 1 is 1.33 bits per heavy atom. The summed E-state index contributed by atoms with van der Waals surface area (Å²) in [6.45, 7) is 0.921. The van der Waals surface area contributed by atoms with Crippen molar-refractivity contribution in [3.8, 4) is 0 Å². The minimum Gasteiger partial charge on any atom is -0.373 e. The zero-order valence-corrected chi connectivity index (χ0v) is 10.3. The molecular formula is C12H20N2S. The van der Waals surface area contributed by atoms with E-state index in [9.17, 15) is 0 Å². The van der Waals surface area contributed by atoms with Gasteiger partial charge in [-0.05, 0) is 30.6 Å². The third kappa shape index (κ3) is 4.58. The van der Waals surface area contributed by atoms with Gasteiger partial charge in [-0.1, -0.05) is 18.2 Å². The molecule has 15 heavy (non-hydrogen) atoms. The summed E-state index contributed by atoms with van der Waals surface area (Å²) in [6.07, 6.45) is 3.20. The maximum atomic E-state index is 6.04. The molecule has 0 heterocycles. The Hall–Kier alpha value is -0.670. The van der Waals surface area contributed by atoms with Gasteiger partial charge in [0.25, 0.3) is 0 Å². The fraction of sp³-hybridized carbons (Fsp3) is 0.500. The highest BCUT2D eigenvalue weighted by atomic mass is 32.2. The van der Waals surface area contributed by atoms with Crippen molar-refractivity contribution in [1.29, 1.82) is 0 Å². The number of hydrogen-bond donors (Lipinski definition) is 1. The SMILES string of the molecule is CSCC[C@H](N)CN(C)c1ccccc1. The summed E-state index contributed by atoms with van der Waals surface area (Å²) < 4.78 is 0. The molecule has 0 fully saturated rings. The molecule has 0 amide bonds. The second-order valence-corrected chi connectivity index (χ2v) is 4.74. The van der Waals surface area contributed by atoms with Crippen molar-refractivity contribution >= 4 is 17.4 Å². The fourth-order valence-electron chi connectivity index (χ4n) is 1.50. The van der Waals surface area contributed by atoms with Gasteiger partial charge in [0.05, 0.1) is 0 Å². The highest BCUT2D eigenvalue weighted by Crippen LogP contribution is 2.11. The fourth-order valence-corrected chi connectivity index (χ4v) is 2.04. The summed E-state index contributed by atoms with van der Waals surface area (Å²) in [4.78, 5) is 2.21. The number of thioether (sulfide) groups is 1. The number of nitrogens with two attached hydrogens (primary N) is 1. The van der Waals surface area contributed by atoms with Gasteiger partial charge in [0.1, 0.15) is 0 Å². The van der Waals surface area contributed by atoms with E-state index in [2.05, 4.69) is 42.5 Å². The van der Waals surface area contributed by atoms with Crippen LogP contribution in [0.15, 0.2) is 30.3 Å². The molecule has 0 aliphatic rings. The van der Waals surface area contributed by atoms with Gasteiger partial charge >= 0.3 is 0 Å². The number of hydrogen-bond acceptors (Lipinski definition) is 3. The van der Waals surface area contributed by atoms with Crippen LogP contribution < -0.4 is 10.6 Å². The van der Waals surface area contributed by atoms with E-state index in [4.69, 9.17) is 5.73 Å². The first-order chi connectivity index (χ1) is 7.24. The van der Waals surface area contributed by atoms with Gasteiger partial charge in [0, 0.05) is 25.3 Å². The zero-order chi connectivity index (χ0) is 11.1. The summed E-state index contributed by atoms with van der Waals surface area (Å²) in [5.74, 6) is 1.14. The number of likely N-dealkylation sites (N-methyl/N-ethyl adjacent to an activating group) is 1. The average Bonchev–Trinajstić information content (AvgIpc) is 2.27. The van der Waals surface area contributed by atoms with Crippen LogP contribution in [0.5, 0.6) is 0 Å². The topological polar surface area (TPSA) is 29.3 Å². The second kappa shape index (κ2) is 6.75. The molecule has 1 atom stereocenters. The molecule has 0 saturated heterocycles. The lowest BCUT2D eigenvalue weighted by Gasteiger charge is -2.23. The Morgan fingerprint density at radius 3 is 2.60 bits per heavy atom. The second-order valence-electron chi connectivity index (χ2n) is 3.76. The molecular weight excluding hydrogens is 204 g/mol. The highest BCUT2D eigenvalue weighted by molar-refractivity contribution is 7.98. The smallest absolute Gasteiger partial charge is 0.0364 e. The number of benzene rings is 1. The van der Waals surface area contributed by atoms with Crippen molar-refractivity contribution in [2.24, 2.45) is 5.73 Å². The quantitative estimate of drug-likeness (QED) is 0.803. The Bertz CT molecular complexity index is 264. The third-order valence-corrected chi connectivity index (χ3v) is 3.04. The molecule has 1 aromatic rings. The summed E-state index contributed by atoms with van der Waals surface area (Å²) in [5.41, 5.74) is 7.28. The molecule has 0 spiro atoms. The predicted octanol–water partition coefficient (Wildman–Crippen LogP) is 2.20. The molecule has 1 rings (SSSR count). The van der Waals surface area contributed by atoms with Crippen LogP contribution in [0.1, 0.15) is 6.42 Å². The van der Waals surface area contributed by atoms with Crippen LogP contribution in [-0.2, 0) is 0 Å². The molecule has 1 aromatic carbocycles. The van der Waals surface area contributed by atoms with Gasteiger partial charge in [-0.2, -0.15) is 11.8 Å². The van der Waals surface area contributed by atoms with Crippen LogP contribution in [-0.4, -0.2) is 31.6 Å². The number of anilines is 1. The number of rotatable bonds is 6. The molecule has 0 bridgehead atoms. The lowest BCUT2D eigenvalue weighted by molar-refractivity contribution is 0.644. The van der Waals surface area contributed by atoms with E-state index in [-0.39, 0.29) is 6.04 Å². The van der Waals surface area contributed by atoms with Gasteiger partial charge in [0.15, 0.2) is 0 Å². The molecule has 2 N–H and O–H groups in total. The Kier molecular flexibility index (Phi) is 5.58. The molecule has 0 unspecified atom stereocenters. The van der Waals surface area contributed by atoms with Gasteiger partial charge in [-0.25, -0.2) is 0 Å². The minimum absolute atomic E-state index is 0.266. The molecule has 3 heteroatoms. The van der Waals surface area contributed by atoms with E-state index in [1.165, 1.54) is 5.69 Å². The summed E-state index contributed by atoms with van der Waals surface area (Å²) in [6, 6.07) is 10.6. The lowest BCUT2D eigenvalue weighted by atomic mass is 10.2. The molecule has 0 aliphatic carbocycles. The first kappa shape index (κ1) is 12.4. The largest absolute Gasteiger partial charge is 0.373 e. The maximum Gasteiger partial charge on any atom is 0.0364 e. The van der Waals surface area contributed by atoms with Crippen LogP contribution in [0.3, 0.4) is 0 Å². The maximum absolute atomic E-state index is 6.04. The molecule has 2 nitrogen and oxygen atoms in total. The van der Waals surface area contributed by atoms with E-state index in [0.29, 0.717) is 0 Å². The van der Waals surface area contributed by atoms with Crippen molar-refractivity contribution in [2.45, 2.75) is 12.5 Å². The highest BCUT2D eigenvalue weighted by Gasteiger charge is 2.06. The van der Waals surface area contributed by atoms with Crippen molar-refractivity contribution in [1.82, 2.24) is 0 Å². The first-order valence-electron chi connectivity index (χ1n) is 5.24. The van der Waals surface area contributed by atoms with Crippen molar-refractivity contribution in [3.63, 3.8) is 0 Å². The van der Waals surface area contributed by atoms with E-state index in [1.54, 1.807) is 0 Å². The van der Waals surface area contributed by atoms with E-state index in [1.807, 2.05) is 17.8 Å². The van der Waals surface area contributed by atoms with Gasteiger partial charge in [-0.3, -0.25) is 0 Å². The summed E-state index contributed by atoms with van der Waals surface area (Å²) >= 11 is 1.85. The summed E-state index contributed by atoms with van der Waals surface area (Å²) in [7, 11) is 2.09. The average molecular weight is 224 g/mol. The molecule has 0 radical (unpaired) electrons. The van der Waals surface area contributed by atoms with E-state index >= 15 is 0 Å². The van der Waals surface area contributed by atoms with Crippen LogP contribution in [0, 0.1) is 0 Å². The van der Waals surface area contributed by atoms with Crippen LogP contribution in [0.25, 0.3) is 0 Å². The molecule has 0 aromatic heterocycles. The van der Waals surface area contributed by atoms with Crippen LogP contribution in [0.4, 0.5) is 5.69 Å². The Morgan fingerprint density at radius 2 is 2.00 bits per heavy atom.